The van der Waals surface area contributed by atoms with Crippen LogP contribution in [-0.2, 0) is 11.3 Å². The molecule has 1 heterocycles. The average molecular weight is 325 g/mol. The number of carbonyl (C=O) groups is 1. The number of aromatic nitrogens is 1. The van der Waals surface area contributed by atoms with Gasteiger partial charge in [0.15, 0.2) is 5.75 Å². The van der Waals surface area contributed by atoms with Gasteiger partial charge in [0, 0.05) is 11.9 Å². The van der Waals surface area contributed by atoms with Crippen LogP contribution in [0.25, 0.3) is 0 Å². The van der Waals surface area contributed by atoms with Gasteiger partial charge in [-0.25, -0.2) is 4.39 Å². The summed E-state index contributed by atoms with van der Waals surface area (Å²) in [5, 5.41) is 2.46. The van der Waals surface area contributed by atoms with Crippen molar-refractivity contribution < 1.29 is 13.9 Å². The second-order valence-corrected chi connectivity index (χ2v) is 4.82. The molecule has 0 saturated carbocycles. The Morgan fingerprint density at radius 1 is 1.41 bits per heavy atom. The Kier molecular flexibility index (Phi) is 5.16. The van der Waals surface area contributed by atoms with Crippen LogP contribution in [0.5, 0.6) is 5.75 Å². The van der Waals surface area contributed by atoms with Crippen molar-refractivity contribution in [3.8, 4) is 5.75 Å². The summed E-state index contributed by atoms with van der Waals surface area (Å²) >= 11 is 5.64. The first-order chi connectivity index (χ1) is 10.5. The number of pyridine rings is 1. The van der Waals surface area contributed by atoms with E-state index >= 15 is 0 Å². The molecule has 0 spiro atoms. The maximum atomic E-state index is 13.0. The topological polar surface area (TPSA) is 60.3 Å². The zero-order valence-corrected chi connectivity index (χ0v) is 12.6. The molecule has 0 aliphatic heterocycles. The van der Waals surface area contributed by atoms with Crippen LogP contribution in [-0.4, -0.2) is 17.1 Å². The van der Waals surface area contributed by atoms with E-state index in [1.54, 1.807) is 19.1 Å². The predicted molar refractivity (Wildman–Crippen MR) is 81.9 cm³/mol. The lowest BCUT2D eigenvalue weighted by atomic mass is 10.3. The number of hydrogen-bond acceptors (Lipinski definition) is 3. The Hall–Kier alpha value is -2.34. The van der Waals surface area contributed by atoms with Crippen LogP contribution < -0.4 is 15.6 Å². The molecule has 0 aliphatic rings. The molecule has 1 N–H and O–H groups in total. The van der Waals surface area contributed by atoms with E-state index in [-0.39, 0.29) is 17.3 Å². The van der Waals surface area contributed by atoms with E-state index in [9.17, 15) is 14.0 Å². The van der Waals surface area contributed by atoms with Crippen molar-refractivity contribution >= 4 is 23.2 Å². The molecule has 0 saturated heterocycles. The van der Waals surface area contributed by atoms with Crippen LogP contribution in [0.4, 0.5) is 10.1 Å². The maximum absolute atomic E-state index is 13.0. The Morgan fingerprint density at radius 2 is 2.18 bits per heavy atom. The molecule has 0 aliphatic carbocycles. The summed E-state index contributed by atoms with van der Waals surface area (Å²) < 4.78 is 19.5. The average Bonchev–Trinajstić information content (AvgIpc) is 2.47. The quantitative estimate of drug-likeness (QED) is 0.920. The number of nitrogens with zero attached hydrogens (tertiary/aromatic N) is 1. The molecule has 1 aromatic carbocycles. The van der Waals surface area contributed by atoms with Gasteiger partial charge < -0.3 is 14.6 Å². The molecule has 0 radical (unpaired) electrons. The number of amides is 1. The highest BCUT2D eigenvalue weighted by molar-refractivity contribution is 6.31. The lowest BCUT2D eigenvalue weighted by Gasteiger charge is -2.09. The summed E-state index contributed by atoms with van der Waals surface area (Å²) in [4.78, 5) is 24.0. The van der Waals surface area contributed by atoms with Crippen LogP contribution in [0, 0.1) is 5.82 Å². The summed E-state index contributed by atoms with van der Waals surface area (Å²) in [6, 6.07) is 7.00. The van der Waals surface area contributed by atoms with Crippen molar-refractivity contribution in [1.82, 2.24) is 4.57 Å². The van der Waals surface area contributed by atoms with Gasteiger partial charge in [-0.2, -0.15) is 0 Å². The van der Waals surface area contributed by atoms with E-state index < -0.39 is 17.3 Å². The second-order valence-electron chi connectivity index (χ2n) is 4.42. The van der Waals surface area contributed by atoms with Gasteiger partial charge >= 0.3 is 0 Å². The zero-order valence-electron chi connectivity index (χ0n) is 11.8. The van der Waals surface area contributed by atoms with Gasteiger partial charge in [0.1, 0.15) is 12.4 Å². The standard InChI is InChI=1S/C15H14ClFN2O3/c1-2-22-13-4-3-7-19(15(13)21)9-14(20)18-10-5-6-12(17)11(16)8-10/h3-8H,2,9H2,1H3,(H,18,20). The van der Waals surface area contributed by atoms with Crippen molar-refractivity contribution in [3.63, 3.8) is 0 Å². The van der Waals surface area contributed by atoms with Crippen LogP contribution in [0.3, 0.4) is 0 Å². The maximum Gasteiger partial charge on any atom is 0.293 e. The Balaban J connectivity index is 2.10. The molecule has 1 amide bonds. The number of rotatable bonds is 5. The van der Waals surface area contributed by atoms with Gasteiger partial charge in [0.2, 0.25) is 5.91 Å². The molecule has 0 bridgehead atoms. The minimum atomic E-state index is -0.569. The molecule has 2 rings (SSSR count). The largest absolute Gasteiger partial charge is 0.488 e. The normalized spacial score (nSPS) is 10.3. The number of carbonyl (C=O) groups excluding carboxylic acids is 1. The summed E-state index contributed by atoms with van der Waals surface area (Å²) in [5.74, 6) is -0.818. The van der Waals surface area contributed by atoms with Gasteiger partial charge in [-0.1, -0.05) is 11.6 Å². The third kappa shape index (κ3) is 3.85. The van der Waals surface area contributed by atoms with E-state index in [2.05, 4.69) is 5.32 Å². The predicted octanol–water partition coefficient (Wildman–Crippen LogP) is 2.68. The van der Waals surface area contributed by atoms with Crippen LogP contribution in [0.2, 0.25) is 5.02 Å². The van der Waals surface area contributed by atoms with E-state index in [4.69, 9.17) is 16.3 Å². The minimum absolute atomic E-state index is 0.0895. The minimum Gasteiger partial charge on any atom is -0.488 e. The first kappa shape index (κ1) is 16.0. The Bertz CT molecular complexity index is 746. The fraction of sp³-hybridized carbons (Fsp3) is 0.200. The molecular formula is C15H14ClFN2O3. The highest BCUT2D eigenvalue weighted by Gasteiger charge is 2.09. The molecule has 0 fully saturated rings. The van der Waals surface area contributed by atoms with Gasteiger partial charge in [-0.3, -0.25) is 9.59 Å². The summed E-state index contributed by atoms with van der Waals surface area (Å²) in [7, 11) is 0. The molecule has 7 heteroatoms. The van der Waals surface area contributed by atoms with E-state index in [1.807, 2.05) is 0 Å². The number of nitrogens with one attached hydrogen (secondary N) is 1. The van der Waals surface area contributed by atoms with Gasteiger partial charge in [0.05, 0.1) is 11.6 Å². The summed E-state index contributed by atoms with van der Waals surface area (Å²) in [5.41, 5.74) is -0.0398. The van der Waals surface area contributed by atoms with Crippen molar-refractivity contribution in [1.29, 1.82) is 0 Å². The van der Waals surface area contributed by atoms with Crippen molar-refractivity contribution in [3.05, 3.63) is 57.7 Å². The van der Waals surface area contributed by atoms with E-state index in [1.165, 1.54) is 22.9 Å². The first-order valence-electron chi connectivity index (χ1n) is 6.58. The smallest absolute Gasteiger partial charge is 0.293 e. The third-order valence-electron chi connectivity index (χ3n) is 2.80. The number of anilines is 1. The van der Waals surface area contributed by atoms with Crippen LogP contribution >= 0.6 is 11.6 Å². The Morgan fingerprint density at radius 3 is 2.86 bits per heavy atom. The summed E-state index contributed by atoms with van der Waals surface area (Å²) in [6.07, 6.45) is 1.49. The molecule has 0 atom stereocenters. The highest BCUT2D eigenvalue weighted by atomic mass is 35.5. The fourth-order valence-corrected chi connectivity index (χ4v) is 2.01. The van der Waals surface area contributed by atoms with E-state index in [0.717, 1.165) is 6.07 Å². The molecule has 5 nitrogen and oxygen atoms in total. The monoisotopic (exact) mass is 324 g/mol. The van der Waals surface area contributed by atoms with Gasteiger partial charge in [-0.05, 0) is 37.3 Å². The molecule has 2 aromatic rings. The zero-order chi connectivity index (χ0) is 16.1. The molecule has 1 aromatic heterocycles. The van der Waals surface area contributed by atoms with Crippen LogP contribution in [0.1, 0.15) is 6.92 Å². The molecular weight excluding hydrogens is 311 g/mol. The van der Waals surface area contributed by atoms with Crippen LogP contribution in [0.15, 0.2) is 41.3 Å². The lowest BCUT2D eigenvalue weighted by molar-refractivity contribution is -0.116. The van der Waals surface area contributed by atoms with Gasteiger partial charge in [0.25, 0.3) is 5.56 Å². The Labute approximate surface area is 131 Å². The lowest BCUT2D eigenvalue weighted by Crippen LogP contribution is -2.28. The number of hydrogen-bond donors (Lipinski definition) is 1. The molecule has 116 valence electrons. The van der Waals surface area contributed by atoms with Crippen molar-refractivity contribution in [2.75, 3.05) is 11.9 Å². The first-order valence-corrected chi connectivity index (χ1v) is 6.96. The molecule has 22 heavy (non-hydrogen) atoms. The summed E-state index contributed by atoms with van der Waals surface area (Å²) in [6.45, 7) is 1.94. The van der Waals surface area contributed by atoms with Crippen molar-refractivity contribution in [2.24, 2.45) is 0 Å². The molecule has 0 unspecified atom stereocenters. The third-order valence-corrected chi connectivity index (χ3v) is 3.09. The highest BCUT2D eigenvalue weighted by Crippen LogP contribution is 2.19. The number of halogens is 2. The second kappa shape index (κ2) is 7.09. The van der Waals surface area contributed by atoms with Gasteiger partial charge in [-0.15, -0.1) is 0 Å². The van der Waals surface area contributed by atoms with E-state index in [0.29, 0.717) is 12.3 Å². The SMILES string of the molecule is CCOc1cccn(CC(=O)Nc2ccc(F)c(Cl)c2)c1=O. The number of benzene rings is 1. The fourth-order valence-electron chi connectivity index (χ4n) is 1.83. The van der Waals surface area contributed by atoms with Crippen molar-refractivity contribution in [2.45, 2.75) is 13.5 Å². The number of ether oxygens (including phenoxy) is 1.